The fraction of sp³-hybridized carbons (Fsp3) is 0.125. The van der Waals surface area contributed by atoms with E-state index in [1.54, 1.807) is 36.4 Å². The Morgan fingerprint density at radius 3 is 2.58 bits per heavy atom. The van der Waals surface area contributed by atoms with Crippen molar-refractivity contribution in [3.05, 3.63) is 88.3 Å². The van der Waals surface area contributed by atoms with Gasteiger partial charge in [0.1, 0.15) is 12.3 Å². The second kappa shape index (κ2) is 9.02. The van der Waals surface area contributed by atoms with Gasteiger partial charge < -0.3 is 10.1 Å². The van der Waals surface area contributed by atoms with Crippen molar-refractivity contribution in [1.82, 2.24) is 9.55 Å². The molecule has 0 bridgehead atoms. The summed E-state index contributed by atoms with van der Waals surface area (Å²) in [5, 5.41) is 4.03. The van der Waals surface area contributed by atoms with E-state index in [4.69, 9.17) is 16.3 Å². The Bertz CT molecular complexity index is 1300. The zero-order valence-corrected chi connectivity index (χ0v) is 17.6. The van der Waals surface area contributed by atoms with E-state index in [0.29, 0.717) is 39.7 Å². The highest BCUT2D eigenvalue weighted by molar-refractivity contribution is 6.31. The average Bonchev–Trinajstić information content (AvgIpc) is 2.77. The molecule has 1 N–H and O–H groups in total. The molecule has 1 aromatic heterocycles. The number of para-hydroxylation sites is 2. The summed E-state index contributed by atoms with van der Waals surface area (Å²) in [6, 6.07) is 21.7. The molecule has 1 heterocycles. The molecule has 4 rings (SSSR count). The number of carbonyl (C=O) groups is 1. The molecule has 0 aliphatic carbocycles. The van der Waals surface area contributed by atoms with Crippen LogP contribution in [0.2, 0.25) is 5.02 Å². The van der Waals surface area contributed by atoms with E-state index < -0.39 is 5.69 Å². The first-order chi connectivity index (χ1) is 15.1. The summed E-state index contributed by atoms with van der Waals surface area (Å²) in [4.78, 5) is 29.9. The van der Waals surface area contributed by atoms with Crippen LogP contribution >= 0.6 is 11.6 Å². The Kier molecular flexibility index (Phi) is 6.00. The molecule has 0 atom stereocenters. The number of aromatic nitrogens is 2. The number of anilines is 1. The molecule has 0 unspecified atom stereocenters. The molecule has 6 nitrogen and oxygen atoms in total. The Balaban J connectivity index is 1.73. The summed E-state index contributed by atoms with van der Waals surface area (Å²) < 4.78 is 6.89. The third-order valence-electron chi connectivity index (χ3n) is 4.75. The van der Waals surface area contributed by atoms with Crippen LogP contribution in [0.5, 0.6) is 5.75 Å². The predicted octanol–water partition coefficient (Wildman–Crippen LogP) is 4.75. The lowest BCUT2D eigenvalue weighted by Gasteiger charge is -2.14. The van der Waals surface area contributed by atoms with Crippen LogP contribution < -0.4 is 15.7 Å². The minimum atomic E-state index is -0.512. The van der Waals surface area contributed by atoms with Crippen molar-refractivity contribution >= 4 is 34.1 Å². The molecule has 0 spiro atoms. The van der Waals surface area contributed by atoms with E-state index in [1.807, 2.05) is 43.3 Å². The fourth-order valence-electron chi connectivity index (χ4n) is 3.41. The molecule has 3 aromatic carbocycles. The highest BCUT2D eigenvalue weighted by Gasteiger charge is 2.16. The van der Waals surface area contributed by atoms with Gasteiger partial charge >= 0.3 is 5.69 Å². The summed E-state index contributed by atoms with van der Waals surface area (Å²) in [6.07, 6.45) is 0. The van der Waals surface area contributed by atoms with Gasteiger partial charge in [-0.15, -0.1) is 0 Å². The Morgan fingerprint density at radius 1 is 1.06 bits per heavy atom. The molecule has 0 saturated heterocycles. The predicted molar refractivity (Wildman–Crippen MR) is 123 cm³/mol. The zero-order valence-electron chi connectivity index (χ0n) is 16.8. The van der Waals surface area contributed by atoms with E-state index in [9.17, 15) is 9.59 Å². The molecule has 4 aromatic rings. The number of rotatable bonds is 6. The molecule has 0 aliphatic heterocycles. The number of hydrogen-bond acceptors (Lipinski definition) is 4. The fourth-order valence-corrected chi connectivity index (χ4v) is 3.58. The van der Waals surface area contributed by atoms with Gasteiger partial charge in [-0.25, -0.2) is 4.79 Å². The Labute approximate surface area is 184 Å². The first-order valence-electron chi connectivity index (χ1n) is 9.84. The zero-order chi connectivity index (χ0) is 21.8. The Hall–Kier alpha value is -3.64. The highest BCUT2D eigenvalue weighted by Crippen LogP contribution is 2.28. The van der Waals surface area contributed by atoms with E-state index in [-0.39, 0.29) is 12.5 Å². The van der Waals surface area contributed by atoms with Crippen LogP contribution in [-0.4, -0.2) is 22.1 Å². The average molecular weight is 434 g/mol. The van der Waals surface area contributed by atoms with Gasteiger partial charge in [-0.2, -0.15) is 4.98 Å². The quantitative estimate of drug-likeness (QED) is 0.476. The molecule has 1 amide bonds. The molecule has 0 radical (unpaired) electrons. The number of halogens is 1. The van der Waals surface area contributed by atoms with E-state index >= 15 is 0 Å². The van der Waals surface area contributed by atoms with Crippen LogP contribution in [0.25, 0.3) is 22.2 Å². The van der Waals surface area contributed by atoms with Crippen LogP contribution in [0.15, 0.2) is 77.6 Å². The maximum absolute atomic E-state index is 12.9. The van der Waals surface area contributed by atoms with Crippen molar-refractivity contribution in [1.29, 1.82) is 0 Å². The largest absolute Gasteiger partial charge is 0.492 e. The van der Waals surface area contributed by atoms with Crippen molar-refractivity contribution in [2.24, 2.45) is 0 Å². The smallest absolute Gasteiger partial charge is 0.349 e. The number of nitrogens with one attached hydrogen (secondary N) is 1. The molecule has 7 heteroatoms. The van der Waals surface area contributed by atoms with Crippen molar-refractivity contribution in [3.8, 4) is 17.0 Å². The van der Waals surface area contributed by atoms with Crippen LogP contribution in [0.4, 0.5) is 5.69 Å². The number of benzene rings is 3. The summed E-state index contributed by atoms with van der Waals surface area (Å²) in [7, 11) is 0. The van der Waals surface area contributed by atoms with Gasteiger partial charge in [-0.1, -0.05) is 54.1 Å². The number of carbonyl (C=O) groups excluding carboxylic acids is 1. The number of fused-ring (bicyclic) bond motifs is 1. The van der Waals surface area contributed by atoms with Gasteiger partial charge in [0, 0.05) is 16.0 Å². The minimum Gasteiger partial charge on any atom is -0.492 e. The summed E-state index contributed by atoms with van der Waals surface area (Å²) in [5.74, 6) is 0.208. The van der Waals surface area contributed by atoms with E-state index in [1.165, 1.54) is 4.57 Å². The van der Waals surface area contributed by atoms with Crippen molar-refractivity contribution < 1.29 is 9.53 Å². The molecule has 0 saturated carbocycles. The van der Waals surface area contributed by atoms with Crippen LogP contribution in [0.3, 0.4) is 0 Å². The van der Waals surface area contributed by atoms with Gasteiger partial charge in [-0.05, 0) is 37.3 Å². The topological polar surface area (TPSA) is 73.2 Å². The lowest BCUT2D eigenvalue weighted by Crippen LogP contribution is -2.30. The highest BCUT2D eigenvalue weighted by atomic mass is 35.5. The maximum Gasteiger partial charge on any atom is 0.349 e. The van der Waals surface area contributed by atoms with Gasteiger partial charge in [-0.3, -0.25) is 9.36 Å². The lowest BCUT2D eigenvalue weighted by atomic mass is 10.1. The first kappa shape index (κ1) is 20.6. The number of nitrogens with zero attached hydrogens (tertiary/aromatic N) is 2. The van der Waals surface area contributed by atoms with Crippen molar-refractivity contribution in [2.45, 2.75) is 13.5 Å². The third-order valence-corrected chi connectivity index (χ3v) is 4.99. The van der Waals surface area contributed by atoms with Gasteiger partial charge in [0.15, 0.2) is 0 Å². The first-order valence-corrected chi connectivity index (χ1v) is 10.2. The maximum atomic E-state index is 12.9. The van der Waals surface area contributed by atoms with Crippen molar-refractivity contribution in [2.75, 3.05) is 11.9 Å². The number of ether oxygens (including phenoxy) is 1. The molecule has 0 fully saturated rings. The second-order valence-corrected chi connectivity index (χ2v) is 7.27. The van der Waals surface area contributed by atoms with E-state index in [0.717, 1.165) is 5.56 Å². The standard InChI is InChI=1S/C24H20ClN3O3/c1-2-31-21-11-7-6-10-19(21)26-22(29)15-28-20-13-12-17(25)14-18(20)23(27-24(28)30)16-8-4-3-5-9-16/h3-14H,2,15H2,1H3,(H,26,29). The molecule has 156 valence electrons. The summed E-state index contributed by atoms with van der Waals surface area (Å²) in [5.41, 5.74) is 1.94. The third kappa shape index (κ3) is 4.44. The summed E-state index contributed by atoms with van der Waals surface area (Å²) in [6.45, 7) is 2.15. The van der Waals surface area contributed by atoms with Gasteiger partial charge in [0.05, 0.1) is 23.5 Å². The van der Waals surface area contributed by atoms with Gasteiger partial charge in [0.25, 0.3) is 0 Å². The van der Waals surface area contributed by atoms with Crippen molar-refractivity contribution in [3.63, 3.8) is 0 Å². The van der Waals surface area contributed by atoms with Crippen LogP contribution in [0, 0.1) is 0 Å². The summed E-state index contributed by atoms with van der Waals surface area (Å²) >= 11 is 6.22. The normalized spacial score (nSPS) is 10.8. The van der Waals surface area contributed by atoms with Crippen LogP contribution in [-0.2, 0) is 11.3 Å². The molecule has 0 aliphatic rings. The molecular formula is C24H20ClN3O3. The number of hydrogen-bond donors (Lipinski definition) is 1. The second-order valence-electron chi connectivity index (χ2n) is 6.83. The van der Waals surface area contributed by atoms with Gasteiger partial charge in [0.2, 0.25) is 5.91 Å². The van der Waals surface area contributed by atoms with E-state index in [2.05, 4.69) is 10.3 Å². The lowest BCUT2D eigenvalue weighted by molar-refractivity contribution is -0.116. The SMILES string of the molecule is CCOc1ccccc1NC(=O)Cn1c(=O)nc(-c2ccccc2)c2cc(Cl)ccc21. The minimum absolute atomic E-state index is 0.195. The molecule has 31 heavy (non-hydrogen) atoms. The van der Waals surface area contributed by atoms with Crippen LogP contribution in [0.1, 0.15) is 6.92 Å². The Morgan fingerprint density at radius 2 is 1.81 bits per heavy atom. The number of amides is 1. The monoisotopic (exact) mass is 433 g/mol. The molecular weight excluding hydrogens is 414 g/mol.